The van der Waals surface area contributed by atoms with E-state index in [1.54, 1.807) is 12.1 Å². The summed E-state index contributed by atoms with van der Waals surface area (Å²) in [6.45, 7) is 3.56. The molecular weight excluding hydrogens is 243 g/mol. The average Bonchev–Trinajstić information content (AvgIpc) is 2.39. The van der Waals surface area contributed by atoms with Crippen molar-refractivity contribution in [2.24, 2.45) is 0 Å². The van der Waals surface area contributed by atoms with E-state index in [9.17, 15) is 9.50 Å². The summed E-state index contributed by atoms with van der Waals surface area (Å²) in [5.74, 6) is 0.592. The Hall–Kier alpha value is -1.87. The molecule has 2 aromatic carbocycles. The number of hydrogen-bond donors (Lipinski definition) is 1. The third kappa shape index (κ3) is 2.93. The molecule has 2 nitrogen and oxygen atoms in total. The number of benzene rings is 2. The summed E-state index contributed by atoms with van der Waals surface area (Å²) in [6, 6.07) is 12.2. The first kappa shape index (κ1) is 13.6. The van der Waals surface area contributed by atoms with E-state index in [0.717, 1.165) is 12.0 Å². The second-order valence-corrected chi connectivity index (χ2v) is 4.39. The minimum absolute atomic E-state index is 0.188. The van der Waals surface area contributed by atoms with Crippen molar-refractivity contribution in [2.45, 2.75) is 26.4 Å². The molecule has 19 heavy (non-hydrogen) atoms. The largest absolute Gasteiger partial charge is 0.457 e. The summed E-state index contributed by atoms with van der Waals surface area (Å²) in [4.78, 5) is 0. The third-order valence-electron chi connectivity index (χ3n) is 3.00. The predicted molar refractivity (Wildman–Crippen MR) is 72.9 cm³/mol. The van der Waals surface area contributed by atoms with Gasteiger partial charge in [-0.2, -0.15) is 0 Å². The number of rotatable bonds is 4. The summed E-state index contributed by atoms with van der Waals surface area (Å²) in [5.41, 5.74) is 1.23. The van der Waals surface area contributed by atoms with Crippen LogP contribution in [-0.4, -0.2) is 5.11 Å². The van der Waals surface area contributed by atoms with Gasteiger partial charge in [-0.1, -0.05) is 31.2 Å². The van der Waals surface area contributed by atoms with Crippen LogP contribution >= 0.6 is 0 Å². The molecule has 1 N–H and O–H groups in total. The fourth-order valence-electron chi connectivity index (χ4n) is 2.03. The summed E-state index contributed by atoms with van der Waals surface area (Å²) in [5, 5.41) is 9.67. The first-order valence-electron chi connectivity index (χ1n) is 6.35. The van der Waals surface area contributed by atoms with Crippen molar-refractivity contribution in [3.8, 4) is 11.5 Å². The number of ether oxygens (including phenoxy) is 1. The number of hydrogen-bond acceptors (Lipinski definition) is 2. The third-order valence-corrected chi connectivity index (χ3v) is 3.00. The number of aliphatic hydroxyl groups is 1. The van der Waals surface area contributed by atoms with Gasteiger partial charge in [-0.05, 0) is 37.1 Å². The topological polar surface area (TPSA) is 29.5 Å². The highest BCUT2D eigenvalue weighted by Gasteiger charge is 2.15. The van der Waals surface area contributed by atoms with Gasteiger partial charge in [0, 0.05) is 0 Å². The first-order chi connectivity index (χ1) is 9.13. The molecule has 0 fully saturated rings. The van der Waals surface area contributed by atoms with Gasteiger partial charge in [-0.3, -0.25) is 0 Å². The van der Waals surface area contributed by atoms with E-state index >= 15 is 0 Å². The van der Waals surface area contributed by atoms with Crippen LogP contribution in [0.1, 0.15) is 31.1 Å². The Labute approximate surface area is 112 Å². The molecular formula is C16H17FO2. The minimum atomic E-state index is -0.912. The molecule has 1 atom stereocenters. The predicted octanol–water partition coefficient (Wildman–Crippen LogP) is 4.23. The highest BCUT2D eigenvalue weighted by molar-refractivity contribution is 5.42. The van der Waals surface area contributed by atoms with E-state index in [1.165, 1.54) is 13.0 Å². The molecule has 0 saturated heterocycles. The zero-order chi connectivity index (χ0) is 13.8. The molecule has 2 aromatic rings. The Morgan fingerprint density at radius 2 is 1.79 bits per heavy atom. The molecule has 0 aliphatic heterocycles. The van der Waals surface area contributed by atoms with E-state index in [0.29, 0.717) is 11.5 Å². The van der Waals surface area contributed by atoms with Crippen LogP contribution in [0.25, 0.3) is 0 Å². The molecule has 0 spiro atoms. The van der Waals surface area contributed by atoms with Gasteiger partial charge in [0.05, 0.1) is 11.7 Å². The molecule has 0 aliphatic carbocycles. The lowest BCUT2D eigenvalue weighted by Crippen LogP contribution is -2.00. The standard InChI is InChI=1S/C16H17FO2/c1-3-12-7-4-5-9-14(12)19-15-10-6-8-13(17)16(15)11(2)18/h4-11,18H,3H2,1-2H3/t11-/m1/s1. The van der Waals surface area contributed by atoms with Crippen molar-refractivity contribution in [2.75, 3.05) is 0 Å². The lowest BCUT2D eigenvalue weighted by Gasteiger charge is -2.15. The monoisotopic (exact) mass is 260 g/mol. The highest BCUT2D eigenvalue weighted by Crippen LogP contribution is 2.33. The molecule has 0 radical (unpaired) electrons. The SMILES string of the molecule is CCc1ccccc1Oc1cccc(F)c1[C@@H](C)O. The van der Waals surface area contributed by atoms with Crippen molar-refractivity contribution in [3.05, 3.63) is 59.4 Å². The quantitative estimate of drug-likeness (QED) is 0.891. The van der Waals surface area contributed by atoms with Crippen LogP contribution in [0.4, 0.5) is 4.39 Å². The van der Waals surface area contributed by atoms with E-state index in [4.69, 9.17) is 4.74 Å². The zero-order valence-corrected chi connectivity index (χ0v) is 11.1. The van der Waals surface area contributed by atoms with Crippen LogP contribution in [0.15, 0.2) is 42.5 Å². The maximum Gasteiger partial charge on any atom is 0.136 e. The zero-order valence-electron chi connectivity index (χ0n) is 11.1. The van der Waals surface area contributed by atoms with Gasteiger partial charge in [0.25, 0.3) is 0 Å². The maximum absolute atomic E-state index is 13.7. The number of halogens is 1. The second-order valence-electron chi connectivity index (χ2n) is 4.39. The molecule has 0 saturated carbocycles. The molecule has 0 aromatic heterocycles. The molecule has 0 bridgehead atoms. The Kier molecular flexibility index (Phi) is 4.17. The Morgan fingerprint density at radius 1 is 1.11 bits per heavy atom. The Balaban J connectivity index is 2.41. The summed E-state index contributed by atoms with van der Waals surface area (Å²) >= 11 is 0. The Morgan fingerprint density at radius 3 is 2.47 bits per heavy atom. The van der Waals surface area contributed by atoms with Crippen molar-refractivity contribution in [3.63, 3.8) is 0 Å². The minimum Gasteiger partial charge on any atom is -0.457 e. The fraction of sp³-hybridized carbons (Fsp3) is 0.250. The molecule has 0 amide bonds. The van der Waals surface area contributed by atoms with E-state index in [-0.39, 0.29) is 5.56 Å². The molecule has 0 unspecified atom stereocenters. The van der Waals surface area contributed by atoms with Crippen molar-refractivity contribution >= 4 is 0 Å². The lowest BCUT2D eigenvalue weighted by molar-refractivity contribution is 0.190. The van der Waals surface area contributed by atoms with Gasteiger partial charge >= 0.3 is 0 Å². The number of aryl methyl sites for hydroxylation is 1. The van der Waals surface area contributed by atoms with E-state index < -0.39 is 11.9 Å². The maximum atomic E-state index is 13.7. The van der Waals surface area contributed by atoms with Crippen molar-refractivity contribution in [1.29, 1.82) is 0 Å². The van der Waals surface area contributed by atoms with Gasteiger partial charge < -0.3 is 9.84 Å². The van der Waals surface area contributed by atoms with Crippen LogP contribution in [0.3, 0.4) is 0 Å². The van der Waals surface area contributed by atoms with Gasteiger partial charge in [0.15, 0.2) is 0 Å². The summed E-state index contributed by atoms with van der Waals surface area (Å²) in [7, 11) is 0. The van der Waals surface area contributed by atoms with Crippen molar-refractivity contribution in [1.82, 2.24) is 0 Å². The second kappa shape index (κ2) is 5.85. The fourth-order valence-corrected chi connectivity index (χ4v) is 2.03. The Bertz CT molecular complexity index is 564. The van der Waals surface area contributed by atoms with E-state index in [2.05, 4.69) is 0 Å². The summed E-state index contributed by atoms with van der Waals surface area (Å²) < 4.78 is 19.5. The van der Waals surface area contributed by atoms with Crippen LogP contribution in [0.2, 0.25) is 0 Å². The van der Waals surface area contributed by atoms with Crippen LogP contribution < -0.4 is 4.74 Å². The van der Waals surface area contributed by atoms with Crippen LogP contribution in [0.5, 0.6) is 11.5 Å². The molecule has 0 heterocycles. The number of aliphatic hydroxyl groups excluding tert-OH is 1. The molecule has 0 aliphatic rings. The summed E-state index contributed by atoms with van der Waals surface area (Å²) in [6.07, 6.45) is -0.0832. The van der Waals surface area contributed by atoms with Crippen LogP contribution in [-0.2, 0) is 6.42 Å². The van der Waals surface area contributed by atoms with Crippen molar-refractivity contribution < 1.29 is 14.2 Å². The molecule has 100 valence electrons. The average molecular weight is 260 g/mol. The first-order valence-corrected chi connectivity index (χ1v) is 6.35. The normalized spacial score (nSPS) is 12.2. The molecule has 3 heteroatoms. The van der Waals surface area contributed by atoms with Gasteiger partial charge in [0.2, 0.25) is 0 Å². The van der Waals surface area contributed by atoms with Crippen LogP contribution in [0, 0.1) is 5.82 Å². The van der Waals surface area contributed by atoms with Gasteiger partial charge in [-0.15, -0.1) is 0 Å². The van der Waals surface area contributed by atoms with E-state index in [1.807, 2.05) is 31.2 Å². The van der Waals surface area contributed by atoms with Gasteiger partial charge in [0.1, 0.15) is 17.3 Å². The highest BCUT2D eigenvalue weighted by atomic mass is 19.1. The number of para-hydroxylation sites is 1. The van der Waals surface area contributed by atoms with Gasteiger partial charge in [-0.25, -0.2) is 4.39 Å². The smallest absolute Gasteiger partial charge is 0.136 e. The lowest BCUT2D eigenvalue weighted by atomic mass is 10.1. The molecule has 2 rings (SSSR count).